The van der Waals surface area contributed by atoms with Gasteiger partial charge in [-0.25, -0.2) is 9.97 Å². The number of aromatic nitrogens is 2. The van der Waals surface area contributed by atoms with Crippen LogP contribution in [0.1, 0.15) is 5.56 Å². The topological polar surface area (TPSA) is 53.5 Å². The minimum Gasteiger partial charge on any atom is -0.379 e. The van der Waals surface area contributed by atoms with E-state index in [0.29, 0.717) is 5.95 Å². The van der Waals surface area contributed by atoms with Crippen LogP contribution in [0.3, 0.4) is 0 Å². The van der Waals surface area contributed by atoms with Gasteiger partial charge in [-0.3, -0.25) is 4.90 Å². The van der Waals surface area contributed by atoms with E-state index in [4.69, 9.17) is 9.72 Å². The van der Waals surface area contributed by atoms with Gasteiger partial charge < -0.3 is 15.0 Å². The number of nitrogens with zero attached hydrogens (tertiary/aromatic N) is 4. The van der Waals surface area contributed by atoms with E-state index in [-0.39, 0.29) is 0 Å². The summed E-state index contributed by atoms with van der Waals surface area (Å²) in [6, 6.07) is 21.0. The molecular formula is C24H29N5O. The summed E-state index contributed by atoms with van der Waals surface area (Å²) >= 11 is 0. The quantitative estimate of drug-likeness (QED) is 0.621. The van der Waals surface area contributed by atoms with Gasteiger partial charge in [-0.15, -0.1) is 0 Å². The average molecular weight is 404 g/mol. The Labute approximate surface area is 178 Å². The molecule has 156 valence electrons. The van der Waals surface area contributed by atoms with Crippen molar-refractivity contribution in [2.75, 3.05) is 56.7 Å². The van der Waals surface area contributed by atoms with Gasteiger partial charge in [0.2, 0.25) is 5.95 Å². The van der Waals surface area contributed by atoms with Crippen LogP contribution in [0.4, 0.5) is 11.6 Å². The molecule has 6 nitrogen and oxygen atoms in total. The summed E-state index contributed by atoms with van der Waals surface area (Å²) < 4.78 is 5.40. The predicted octanol–water partition coefficient (Wildman–Crippen LogP) is 3.52. The summed E-state index contributed by atoms with van der Waals surface area (Å²) in [4.78, 5) is 13.8. The Balaban J connectivity index is 1.38. The van der Waals surface area contributed by atoms with Crippen molar-refractivity contribution < 1.29 is 4.74 Å². The number of nitrogens with one attached hydrogen (secondary N) is 1. The maximum Gasteiger partial charge on any atom is 0.223 e. The lowest BCUT2D eigenvalue weighted by Crippen LogP contribution is -2.39. The molecule has 0 amide bonds. The Kier molecular flexibility index (Phi) is 6.90. The Morgan fingerprint density at radius 1 is 1.03 bits per heavy atom. The molecule has 0 atom stereocenters. The number of rotatable bonds is 8. The van der Waals surface area contributed by atoms with E-state index >= 15 is 0 Å². The first-order valence-electron chi connectivity index (χ1n) is 10.5. The van der Waals surface area contributed by atoms with Gasteiger partial charge >= 0.3 is 0 Å². The fourth-order valence-corrected chi connectivity index (χ4v) is 3.63. The number of ether oxygens (including phenoxy) is 1. The SMILES string of the molecule is CN(Cc1cccc(-c2ccnc(NCCN3CCOCC3)n2)c1)c1ccccc1. The third-order valence-corrected chi connectivity index (χ3v) is 5.31. The van der Waals surface area contributed by atoms with Gasteiger partial charge in [0.05, 0.1) is 18.9 Å². The molecule has 2 heterocycles. The standard InChI is InChI=1S/C24H29N5O/c1-28(22-8-3-2-4-9-22)19-20-6-5-7-21(18-20)23-10-11-25-24(27-23)26-12-13-29-14-16-30-17-15-29/h2-11,18H,12-17,19H2,1H3,(H,25,26,27). The first-order valence-corrected chi connectivity index (χ1v) is 10.5. The van der Waals surface area contributed by atoms with Crippen LogP contribution >= 0.6 is 0 Å². The molecule has 0 bridgehead atoms. The number of anilines is 2. The third-order valence-electron chi connectivity index (χ3n) is 5.31. The van der Waals surface area contributed by atoms with Crippen LogP contribution < -0.4 is 10.2 Å². The number of morpholine rings is 1. The van der Waals surface area contributed by atoms with Crippen LogP contribution in [-0.4, -0.2) is 61.3 Å². The Morgan fingerprint density at radius 2 is 1.87 bits per heavy atom. The van der Waals surface area contributed by atoms with Gasteiger partial charge in [0, 0.05) is 57.2 Å². The zero-order valence-corrected chi connectivity index (χ0v) is 17.5. The van der Waals surface area contributed by atoms with Crippen molar-refractivity contribution in [2.24, 2.45) is 0 Å². The molecule has 1 aromatic heterocycles. The number of hydrogen-bond donors (Lipinski definition) is 1. The predicted molar refractivity (Wildman–Crippen MR) is 122 cm³/mol. The molecule has 1 aliphatic rings. The van der Waals surface area contributed by atoms with E-state index in [1.54, 1.807) is 0 Å². The second kappa shape index (κ2) is 10.2. The molecule has 0 unspecified atom stereocenters. The number of para-hydroxylation sites is 1. The molecule has 0 radical (unpaired) electrons. The largest absolute Gasteiger partial charge is 0.379 e. The van der Waals surface area contributed by atoms with Gasteiger partial charge in [0.1, 0.15) is 0 Å². The van der Waals surface area contributed by atoms with E-state index in [1.807, 2.05) is 18.3 Å². The summed E-state index contributed by atoms with van der Waals surface area (Å²) in [6.45, 7) is 6.26. The van der Waals surface area contributed by atoms with Crippen molar-refractivity contribution >= 4 is 11.6 Å². The monoisotopic (exact) mass is 403 g/mol. The molecule has 0 aliphatic carbocycles. The van der Waals surface area contributed by atoms with Gasteiger partial charge in [0.25, 0.3) is 0 Å². The summed E-state index contributed by atoms with van der Waals surface area (Å²) in [5, 5.41) is 3.36. The summed E-state index contributed by atoms with van der Waals surface area (Å²) in [5.41, 5.74) is 4.49. The normalized spacial score (nSPS) is 14.4. The lowest BCUT2D eigenvalue weighted by molar-refractivity contribution is 0.0398. The van der Waals surface area contributed by atoms with Crippen molar-refractivity contribution in [3.8, 4) is 11.3 Å². The fraction of sp³-hybridized carbons (Fsp3) is 0.333. The Morgan fingerprint density at radius 3 is 2.70 bits per heavy atom. The van der Waals surface area contributed by atoms with Crippen LogP contribution in [-0.2, 0) is 11.3 Å². The highest BCUT2D eigenvalue weighted by molar-refractivity contribution is 5.61. The zero-order chi connectivity index (χ0) is 20.6. The molecule has 0 saturated carbocycles. The molecule has 1 N–H and O–H groups in total. The highest BCUT2D eigenvalue weighted by atomic mass is 16.5. The van der Waals surface area contributed by atoms with E-state index in [2.05, 4.69) is 75.7 Å². The lowest BCUT2D eigenvalue weighted by Gasteiger charge is -2.26. The second-order valence-electron chi connectivity index (χ2n) is 7.54. The Bertz CT molecular complexity index is 928. The first-order chi connectivity index (χ1) is 14.8. The molecule has 1 aliphatic heterocycles. The van der Waals surface area contributed by atoms with Crippen molar-refractivity contribution in [2.45, 2.75) is 6.54 Å². The second-order valence-corrected chi connectivity index (χ2v) is 7.54. The third kappa shape index (κ3) is 5.55. The van der Waals surface area contributed by atoms with Crippen LogP contribution in [0.2, 0.25) is 0 Å². The molecule has 0 spiro atoms. The average Bonchev–Trinajstić information content (AvgIpc) is 2.81. The van der Waals surface area contributed by atoms with E-state index in [0.717, 1.165) is 57.2 Å². The van der Waals surface area contributed by atoms with Crippen molar-refractivity contribution in [3.05, 3.63) is 72.4 Å². The fourth-order valence-electron chi connectivity index (χ4n) is 3.63. The molecule has 30 heavy (non-hydrogen) atoms. The van der Waals surface area contributed by atoms with Crippen molar-refractivity contribution in [1.82, 2.24) is 14.9 Å². The molecule has 6 heteroatoms. The maximum absolute atomic E-state index is 5.40. The van der Waals surface area contributed by atoms with Crippen LogP contribution in [0.5, 0.6) is 0 Å². The molecule has 1 fully saturated rings. The molecule has 2 aromatic carbocycles. The molecule has 1 saturated heterocycles. The van der Waals surface area contributed by atoms with Crippen molar-refractivity contribution in [1.29, 1.82) is 0 Å². The Hall–Kier alpha value is -2.96. The van der Waals surface area contributed by atoms with Crippen LogP contribution in [0.25, 0.3) is 11.3 Å². The summed E-state index contributed by atoms with van der Waals surface area (Å²) in [7, 11) is 2.11. The number of benzene rings is 2. The lowest BCUT2D eigenvalue weighted by atomic mass is 10.1. The summed E-state index contributed by atoms with van der Waals surface area (Å²) in [6.07, 6.45) is 1.82. The van der Waals surface area contributed by atoms with Crippen LogP contribution in [0.15, 0.2) is 66.9 Å². The van der Waals surface area contributed by atoms with Gasteiger partial charge in [-0.05, 0) is 29.8 Å². The van der Waals surface area contributed by atoms with Gasteiger partial charge in [-0.1, -0.05) is 36.4 Å². The summed E-state index contributed by atoms with van der Waals surface area (Å²) in [5.74, 6) is 0.674. The minimum absolute atomic E-state index is 0.674. The highest BCUT2D eigenvalue weighted by Crippen LogP contribution is 2.21. The molecular weight excluding hydrogens is 374 g/mol. The van der Waals surface area contributed by atoms with Gasteiger partial charge in [0.15, 0.2) is 0 Å². The zero-order valence-electron chi connectivity index (χ0n) is 17.5. The number of hydrogen-bond acceptors (Lipinski definition) is 6. The van der Waals surface area contributed by atoms with Crippen molar-refractivity contribution in [3.63, 3.8) is 0 Å². The molecule has 4 rings (SSSR count). The minimum atomic E-state index is 0.674. The first kappa shape index (κ1) is 20.3. The van der Waals surface area contributed by atoms with E-state index in [9.17, 15) is 0 Å². The smallest absolute Gasteiger partial charge is 0.223 e. The van der Waals surface area contributed by atoms with E-state index in [1.165, 1.54) is 11.3 Å². The maximum atomic E-state index is 5.40. The van der Waals surface area contributed by atoms with Crippen LogP contribution in [0, 0.1) is 0 Å². The highest BCUT2D eigenvalue weighted by Gasteiger charge is 2.10. The molecule has 3 aromatic rings. The van der Waals surface area contributed by atoms with E-state index < -0.39 is 0 Å². The van der Waals surface area contributed by atoms with Gasteiger partial charge in [-0.2, -0.15) is 0 Å².